The molecule has 1 aromatic carbocycles. The Morgan fingerprint density at radius 1 is 1.57 bits per heavy atom. The number of anilines is 1. The van der Waals surface area contributed by atoms with Crippen molar-refractivity contribution in [1.82, 2.24) is 5.32 Å². The number of rotatable bonds is 5. The number of hydrogen-bond acceptors (Lipinski definition) is 5. The molecule has 0 spiro atoms. The van der Waals surface area contributed by atoms with Crippen molar-refractivity contribution in [3.63, 3.8) is 0 Å². The zero-order valence-electron chi connectivity index (χ0n) is 13.1. The van der Waals surface area contributed by atoms with Gasteiger partial charge in [0.2, 0.25) is 5.91 Å². The lowest BCUT2D eigenvalue weighted by Crippen LogP contribution is -2.47. The zero-order valence-corrected chi connectivity index (χ0v) is 13.1. The zero-order chi connectivity index (χ0) is 16.8. The Hall–Kier alpha value is -2.62. The maximum absolute atomic E-state index is 11.7. The van der Waals surface area contributed by atoms with Gasteiger partial charge < -0.3 is 10.2 Å². The molecule has 0 radical (unpaired) electrons. The summed E-state index contributed by atoms with van der Waals surface area (Å²) in [5, 5.41) is 23.0. The van der Waals surface area contributed by atoms with Gasteiger partial charge >= 0.3 is 0 Å². The smallest absolute Gasteiger partial charge is 0.287 e. The van der Waals surface area contributed by atoms with Gasteiger partial charge in [-0.3, -0.25) is 14.9 Å². The highest BCUT2D eigenvalue weighted by Gasteiger charge is 2.23. The molecule has 0 aliphatic carbocycles. The molecule has 23 heavy (non-hydrogen) atoms. The van der Waals surface area contributed by atoms with Gasteiger partial charge in [-0.05, 0) is 31.4 Å². The van der Waals surface area contributed by atoms with E-state index in [0.717, 1.165) is 31.5 Å². The molecule has 1 atom stereocenters. The SMILES string of the molecule is CCCC(=O)N[C@H]1CCCN(c2ccc([N+](=O)[O-])c(C#N)c2)C1. The molecule has 7 nitrogen and oxygen atoms in total. The monoisotopic (exact) mass is 316 g/mol. The molecule has 1 aliphatic rings. The van der Waals surface area contributed by atoms with E-state index in [1.807, 2.05) is 13.0 Å². The van der Waals surface area contributed by atoms with E-state index in [1.54, 1.807) is 12.1 Å². The van der Waals surface area contributed by atoms with Crippen molar-refractivity contribution in [2.45, 2.75) is 38.6 Å². The summed E-state index contributed by atoms with van der Waals surface area (Å²) >= 11 is 0. The molecule has 1 amide bonds. The number of benzene rings is 1. The third-order valence-corrected chi connectivity index (χ3v) is 3.93. The molecule has 0 bridgehead atoms. The van der Waals surface area contributed by atoms with Gasteiger partial charge in [-0.15, -0.1) is 0 Å². The fourth-order valence-electron chi connectivity index (χ4n) is 2.83. The predicted molar refractivity (Wildman–Crippen MR) is 86.1 cm³/mol. The number of amides is 1. The highest BCUT2D eigenvalue weighted by molar-refractivity contribution is 5.76. The highest BCUT2D eigenvalue weighted by atomic mass is 16.6. The van der Waals surface area contributed by atoms with Crippen molar-refractivity contribution in [3.8, 4) is 6.07 Å². The lowest BCUT2D eigenvalue weighted by molar-refractivity contribution is -0.385. The van der Waals surface area contributed by atoms with E-state index in [9.17, 15) is 14.9 Å². The first kappa shape index (κ1) is 16.7. The largest absolute Gasteiger partial charge is 0.369 e. The summed E-state index contributed by atoms with van der Waals surface area (Å²) < 4.78 is 0. The number of nitrogens with one attached hydrogen (secondary N) is 1. The van der Waals surface area contributed by atoms with Crippen molar-refractivity contribution in [1.29, 1.82) is 5.26 Å². The van der Waals surface area contributed by atoms with Crippen LogP contribution in [0, 0.1) is 21.4 Å². The van der Waals surface area contributed by atoms with Crippen molar-refractivity contribution >= 4 is 17.3 Å². The second-order valence-corrected chi connectivity index (χ2v) is 5.67. The van der Waals surface area contributed by atoms with Crippen molar-refractivity contribution in [2.24, 2.45) is 0 Å². The topological polar surface area (TPSA) is 99.3 Å². The lowest BCUT2D eigenvalue weighted by atomic mass is 10.0. The molecule has 1 aromatic rings. The van der Waals surface area contributed by atoms with Gasteiger partial charge in [0, 0.05) is 37.3 Å². The summed E-state index contributed by atoms with van der Waals surface area (Å²) in [6.45, 7) is 3.42. The van der Waals surface area contributed by atoms with E-state index in [0.29, 0.717) is 13.0 Å². The van der Waals surface area contributed by atoms with E-state index in [1.165, 1.54) is 6.07 Å². The molecule has 7 heteroatoms. The van der Waals surface area contributed by atoms with E-state index >= 15 is 0 Å². The molecule has 0 unspecified atom stereocenters. The van der Waals surface area contributed by atoms with Crippen molar-refractivity contribution < 1.29 is 9.72 Å². The first-order chi connectivity index (χ1) is 11.0. The Morgan fingerprint density at radius 3 is 3.00 bits per heavy atom. The number of nitro groups is 1. The molecule has 1 aliphatic heterocycles. The van der Waals surface area contributed by atoms with E-state index < -0.39 is 4.92 Å². The molecule has 1 saturated heterocycles. The van der Waals surface area contributed by atoms with E-state index in [-0.39, 0.29) is 23.2 Å². The number of carbonyl (C=O) groups excluding carboxylic acids is 1. The Morgan fingerprint density at radius 2 is 2.35 bits per heavy atom. The second-order valence-electron chi connectivity index (χ2n) is 5.67. The second kappa shape index (κ2) is 7.58. The maximum Gasteiger partial charge on any atom is 0.287 e. The minimum absolute atomic E-state index is 0.0563. The first-order valence-electron chi connectivity index (χ1n) is 7.78. The van der Waals surface area contributed by atoms with Crippen LogP contribution >= 0.6 is 0 Å². The average Bonchev–Trinajstić information content (AvgIpc) is 2.54. The Bertz CT molecular complexity index is 639. The number of nitro benzene ring substituents is 1. The minimum atomic E-state index is -0.549. The predicted octanol–water partition coefficient (Wildman–Crippen LogP) is 2.35. The number of hydrogen-bond donors (Lipinski definition) is 1. The van der Waals surface area contributed by atoms with Gasteiger partial charge in [0.15, 0.2) is 0 Å². The van der Waals surface area contributed by atoms with Crippen LogP contribution in [0.15, 0.2) is 18.2 Å². The van der Waals surface area contributed by atoms with Gasteiger partial charge in [-0.25, -0.2) is 0 Å². The van der Waals surface area contributed by atoms with Crippen LogP contribution in [0.5, 0.6) is 0 Å². The summed E-state index contributed by atoms with van der Waals surface area (Å²) in [7, 11) is 0. The van der Waals surface area contributed by atoms with Crippen LogP contribution in [0.1, 0.15) is 38.2 Å². The number of piperidine rings is 1. The summed E-state index contributed by atoms with van der Waals surface area (Å²) in [5.74, 6) is 0.0563. The van der Waals surface area contributed by atoms with Crippen molar-refractivity contribution in [3.05, 3.63) is 33.9 Å². The van der Waals surface area contributed by atoms with Gasteiger partial charge in [-0.2, -0.15) is 5.26 Å². The van der Waals surface area contributed by atoms with Crippen LogP contribution in [-0.4, -0.2) is 30.0 Å². The summed E-state index contributed by atoms with van der Waals surface area (Å²) in [5.41, 5.74) is 0.660. The quantitative estimate of drug-likeness (QED) is 0.664. The molecule has 2 rings (SSSR count). The highest BCUT2D eigenvalue weighted by Crippen LogP contribution is 2.26. The summed E-state index contributed by atoms with van der Waals surface area (Å²) in [4.78, 5) is 24.1. The lowest BCUT2D eigenvalue weighted by Gasteiger charge is -2.34. The Balaban J connectivity index is 2.11. The number of carbonyl (C=O) groups is 1. The first-order valence-corrected chi connectivity index (χ1v) is 7.78. The molecule has 1 heterocycles. The van der Waals surface area contributed by atoms with Gasteiger partial charge in [0.05, 0.1) is 4.92 Å². The van der Waals surface area contributed by atoms with E-state index in [4.69, 9.17) is 5.26 Å². The fourth-order valence-corrected chi connectivity index (χ4v) is 2.83. The molecule has 0 saturated carbocycles. The van der Waals surface area contributed by atoms with Crippen LogP contribution in [-0.2, 0) is 4.79 Å². The fraction of sp³-hybridized carbons (Fsp3) is 0.500. The normalized spacial score (nSPS) is 17.4. The van der Waals surface area contributed by atoms with E-state index in [2.05, 4.69) is 10.2 Å². The van der Waals surface area contributed by atoms with Crippen LogP contribution < -0.4 is 10.2 Å². The molecular formula is C16H20N4O3. The van der Waals surface area contributed by atoms with Gasteiger partial charge in [0.1, 0.15) is 11.6 Å². The molecule has 0 aromatic heterocycles. The Labute approximate surface area is 135 Å². The molecular weight excluding hydrogens is 296 g/mol. The maximum atomic E-state index is 11.7. The third kappa shape index (κ3) is 4.19. The van der Waals surface area contributed by atoms with Crippen LogP contribution in [0.2, 0.25) is 0 Å². The summed E-state index contributed by atoms with van der Waals surface area (Å²) in [6.07, 6.45) is 3.18. The standard InChI is InChI=1S/C16H20N4O3/c1-2-4-16(21)18-13-5-3-8-19(11-13)14-6-7-15(20(22)23)12(9-14)10-17/h6-7,9,13H,2-5,8,11H2,1H3,(H,18,21)/t13-/m0/s1. The minimum Gasteiger partial charge on any atom is -0.369 e. The van der Waals surface area contributed by atoms with Crippen LogP contribution in [0.3, 0.4) is 0 Å². The van der Waals surface area contributed by atoms with Crippen LogP contribution in [0.4, 0.5) is 11.4 Å². The van der Waals surface area contributed by atoms with Gasteiger partial charge in [0.25, 0.3) is 5.69 Å². The van der Waals surface area contributed by atoms with Crippen molar-refractivity contribution in [2.75, 3.05) is 18.0 Å². The van der Waals surface area contributed by atoms with Crippen LogP contribution in [0.25, 0.3) is 0 Å². The molecule has 1 N–H and O–H groups in total. The Kier molecular flexibility index (Phi) is 5.52. The molecule has 1 fully saturated rings. The molecule has 122 valence electrons. The third-order valence-electron chi connectivity index (χ3n) is 3.93. The average molecular weight is 316 g/mol. The van der Waals surface area contributed by atoms with Gasteiger partial charge in [-0.1, -0.05) is 6.92 Å². The summed E-state index contributed by atoms with van der Waals surface area (Å²) in [6, 6.07) is 6.53. The number of nitrogens with zero attached hydrogens (tertiary/aromatic N) is 3. The number of nitriles is 1.